The van der Waals surface area contributed by atoms with Crippen molar-refractivity contribution in [1.29, 1.82) is 0 Å². The minimum Gasteiger partial charge on any atom is -0.546 e. The number of benzene rings is 1. The number of aliphatic carboxylic acids is 1. The number of aryl methyl sites for hydroxylation is 1. The molecule has 1 rings (SSSR count). The fraction of sp³-hybridized carbons (Fsp3) is 0.222. The van der Waals surface area contributed by atoms with E-state index in [0.717, 1.165) is 10.0 Å². The van der Waals surface area contributed by atoms with Gasteiger partial charge in [-0.3, -0.25) is 0 Å². The number of carboxylic acid groups (broad SMARTS) is 1. The summed E-state index contributed by atoms with van der Waals surface area (Å²) in [6.45, 7) is 1.48. The average molecular weight is 244 g/mol. The SMILES string of the molecule is Cc1cc(OCC(=O)[O-])ccc1Br. The van der Waals surface area contributed by atoms with E-state index in [1.54, 1.807) is 18.2 Å². The fourth-order valence-electron chi connectivity index (χ4n) is 0.849. The molecule has 0 fully saturated rings. The van der Waals surface area contributed by atoms with Crippen LogP contribution < -0.4 is 9.84 Å². The molecule has 1 aromatic carbocycles. The summed E-state index contributed by atoms with van der Waals surface area (Å²) in [6.07, 6.45) is 0. The molecule has 3 nitrogen and oxygen atoms in total. The number of halogens is 1. The lowest BCUT2D eigenvalue weighted by molar-refractivity contribution is -0.307. The van der Waals surface area contributed by atoms with E-state index >= 15 is 0 Å². The second kappa shape index (κ2) is 4.28. The molecule has 0 unspecified atom stereocenters. The normalized spacial score (nSPS) is 9.69. The van der Waals surface area contributed by atoms with Crippen molar-refractivity contribution in [2.24, 2.45) is 0 Å². The molecule has 70 valence electrons. The highest BCUT2D eigenvalue weighted by molar-refractivity contribution is 9.10. The summed E-state index contributed by atoms with van der Waals surface area (Å²) in [5.41, 5.74) is 0.996. The Morgan fingerprint density at radius 2 is 2.31 bits per heavy atom. The number of hydrogen-bond acceptors (Lipinski definition) is 3. The van der Waals surface area contributed by atoms with Crippen LogP contribution in [0.1, 0.15) is 5.56 Å². The molecule has 13 heavy (non-hydrogen) atoms. The molecule has 0 aromatic heterocycles. The van der Waals surface area contributed by atoms with Crippen molar-refractivity contribution in [2.75, 3.05) is 6.61 Å². The van der Waals surface area contributed by atoms with E-state index in [2.05, 4.69) is 15.9 Å². The van der Waals surface area contributed by atoms with Crippen LogP contribution >= 0.6 is 15.9 Å². The van der Waals surface area contributed by atoms with Crippen LogP contribution in [0.3, 0.4) is 0 Å². The molecule has 0 saturated heterocycles. The topological polar surface area (TPSA) is 49.4 Å². The predicted octanol–water partition coefficient (Wildman–Crippen LogP) is 0.886. The van der Waals surface area contributed by atoms with Gasteiger partial charge in [0, 0.05) is 4.47 Å². The van der Waals surface area contributed by atoms with E-state index in [-0.39, 0.29) is 0 Å². The van der Waals surface area contributed by atoms with Crippen LogP contribution in [0, 0.1) is 6.92 Å². The first-order chi connectivity index (χ1) is 6.09. The first-order valence-corrected chi connectivity index (χ1v) is 4.47. The van der Waals surface area contributed by atoms with Gasteiger partial charge in [0.2, 0.25) is 0 Å². The maximum Gasteiger partial charge on any atom is 0.128 e. The van der Waals surface area contributed by atoms with Gasteiger partial charge in [-0.1, -0.05) is 15.9 Å². The molecule has 0 amide bonds. The molecule has 0 N–H and O–H groups in total. The number of carbonyl (C=O) groups excluding carboxylic acids is 1. The van der Waals surface area contributed by atoms with Crippen molar-refractivity contribution in [1.82, 2.24) is 0 Å². The highest BCUT2D eigenvalue weighted by Gasteiger charge is 1.97. The standard InChI is InChI=1S/C9H9BrO3/c1-6-4-7(2-3-8(6)10)13-5-9(11)12/h2-4H,5H2,1H3,(H,11,12)/p-1. The lowest BCUT2D eigenvalue weighted by Gasteiger charge is -2.07. The molecule has 4 heteroatoms. The van der Waals surface area contributed by atoms with Crippen molar-refractivity contribution in [2.45, 2.75) is 6.92 Å². The highest BCUT2D eigenvalue weighted by atomic mass is 79.9. The van der Waals surface area contributed by atoms with Gasteiger partial charge < -0.3 is 14.6 Å². The van der Waals surface area contributed by atoms with E-state index in [4.69, 9.17) is 4.74 Å². The Kier molecular flexibility index (Phi) is 3.31. The molecule has 0 spiro atoms. The molecule has 0 bridgehead atoms. The quantitative estimate of drug-likeness (QED) is 0.793. The third-order valence-electron chi connectivity index (χ3n) is 1.49. The van der Waals surface area contributed by atoms with Crippen molar-refractivity contribution in [3.05, 3.63) is 28.2 Å². The summed E-state index contributed by atoms with van der Waals surface area (Å²) in [5, 5.41) is 10.1. The minimum atomic E-state index is -1.22. The molecule has 0 radical (unpaired) electrons. The van der Waals surface area contributed by atoms with Gasteiger partial charge in [-0.2, -0.15) is 0 Å². The Morgan fingerprint density at radius 3 is 2.85 bits per heavy atom. The predicted molar refractivity (Wildman–Crippen MR) is 49.4 cm³/mol. The zero-order chi connectivity index (χ0) is 9.84. The zero-order valence-electron chi connectivity index (χ0n) is 7.04. The third-order valence-corrected chi connectivity index (χ3v) is 2.38. The number of carbonyl (C=O) groups is 1. The summed E-state index contributed by atoms with van der Waals surface area (Å²) in [5.74, 6) is -0.689. The third kappa shape index (κ3) is 3.06. The fourth-order valence-corrected chi connectivity index (χ4v) is 1.10. The molecule has 0 aliphatic rings. The summed E-state index contributed by atoms with van der Waals surface area (Å²) in [4.78, 5) is 10.1. The zero-order valence-corrected chi connectivity index (χ0v) is 8.63. The van der Waals surface area contributed by atoms with E-state index in [1.165, 1.54) is 0 Å². The van der Waals surface area contributed by atoms with Crippen LogP contribution in [0.25, 0.3) is 0 Å². The number of carboxylic acids is 1. The van der Waals surface area contributed by atoms with E-state index in [9.17, 15) is 9.90 Å². The second-order valence-electron chi connectivity index (χ2n) is 2.57. The lowest BCUT2D eigenvalue weighted by Crippen LogP contribution is -2.28. The minimum absolute atomic E-state index is 0.416. The van der Waals surface area contributed by atoms with Crippen molar-refractivity contribution in [3.63, 3.8) is 0 Å². The maximum absolute atomic E-state index is 10.1. The largest absolute Gasteiger partial charge is 0.546 e. The molecule has 1 aromatic rings. The average Bonchev–Trinajstić information content (AvgIpc) is 2.07. The van der Waals surface area contributed by atoms with Crippen LogP contribution in [0.15, 0.2) is 22.7 Å². The van der Waals surface area contributed by atoms with E-state index < -0.39 is 12.6 Å². The van der Waals surface area contributed by atoms with Crippen LogP contribution in [0.5, 0.6) is 5.75 Å². The Morgan fingerprint density at radius 1 is 1.62 bits per heavy atom. The van der Waals surface area contributed by atoms with Gasteiger partial charge in [0.25, 0.3) is 0 Å². The second-order valence-corrected chi connectivity index (χ2v) is 3.43. The van der Waals surface area contributed by atoms with Crippen LogP contribution in [-0.2, 0) is 4.79 Å². The summed E-state index contributed by atoms with van der Waals surface area (Å²) < 4.78 is 5.89. The molecular formula is C9H8BrO3-. The summed E-state index contributed by atoms with van der Waals surface area (Å²) in [7, 11) is 0. The number of rotatable bonds is 3. The van der Waals surface area contributed by atoms with Gasteiger partial charge >= 0.3 is 0 Å². The monoisotopic (exact) mass is 243 g/mol. The Bertz CT molecular complexity index is 323. The smallest absolute Gasteiger partial charge is 0.128 e. The highest BCUT2D eigenvalue weighted by Crippen LogP contribution is 2.21. The first-order valence-electron chi connectivity index (χ1n) is 3.68. The molecule has 0 atom stereocenters. The van der Waals surface area contributed by atoms with E-state index in [0.29, 0.717) is 5.75 Å². The summed E-state index contributed by atoms with van der Waals surface area (Å²) in [6, 6.07) is 5.26. The van der Waals surface area contributed by atoms with Gasteiger partial charge in [-0.05, 0) is 30.7 Å². The lowest BCUT2D eigenvalue weighted by atomic mass is 10.2. The van der Waals surface area contributed by atoms with Gasteiger partial charge in [0.1, 0.15) is 12.4 Å². The van der Waals surface area contributed by atoms with Gasteiger partial charge in [0.15, 0.2) is 0 Å². The van der Waals surface area contributed by atoms with Crippen LogP contribution in [-0.4, -0.2) is 12.6 Å². The first kappa shape index (κ1) is 10.1. The van der Waals surface area contributed by atoms with E-state index in [1.807, 2.05) is 6.92 Å². The van der Waals surface area contributed by atoms with Crippen molar-refractivity contribution >= 4 is 21.9 Å². The molecule has 0 heterocycles. The molecular weight excluding hydrogens is 236 g/mol. The van der Waals surface area contributed by atoms with Gasteiger partial charge in [-0.15, -0.1) is 0 Å². The van der Waals surface area contributed by atoms with Crippen molar-refractivity contribution < 1.29 is 14.6 Å². The van der Waals surface area contributed by atoms with Gasteiger partial charge in [0.05, 0.1) is 5.97 Å². The van der Waals surface area contributed by atoms with Crippen LogP contribution in [0.4, 0.5) is 0 Å². The molecule has 0 aliphatic carbocycles. The summed E-state index contributed by atoms with van der Waals surface area (Å²) >= 11 is 3.33. The van der Waals surface area contributed by atoms with Crippen molar-refractivity contribution in [3.8, 4) is 5.75 Å². The number of ether oxygens (including phenoxy) is 1. The Labute approximate surface area is 84.5 Å². The molecule has 0 saturated carbocycles. The number of hydrogen-bond donors (Lipinski definition) is 0. The Balaban J connectivity index is 2.68. The maximum atomic E-state index is 10.1. The Hall–Kier alpha value is -1.03. The van der Waals surface area contributed by atoms with Gasteiger partial charge in [-0.25, -0.2) is 0 Å². The molecule has 0 aliphatic heterocycles. The van der Waals surface area contributed by atoms with Crippen LogP contribution in [0.2, 0.25) is 0 Å².